The highest BCUT2D eigenvalue weighted by atomic mass is 16.5. The van der Waals surface area contributed by atoms with Crippen molar-refractivity contribution in [3.8, 4) is 0 Å². The van der Waals surface area contributed by atoms with Gasteiger partial charge in [-0.2, -0.15) is 0 Å². The summed E-state index contributed by atoms with van der Waals surface area (Å²) in [6.07, 6.45) is 6.15. The molecule has 1 N–H and O–H groups in total. The Hall–Kier alpha value is -1.36. The minimum absolute atomic E-state index is 0.691. The maximum absolute atomic E-state index is 5.27. The molecule has 0 aromatic carbocycles. The molecule has 5 nitrogen and oxygen atoms in total. The van der Waals surface area contributed by atoms with Crippen LogP contribution in [0.1, 0.15) is 31.7 Å². The second-order valence-electron chi connectivity index (χ2n) is 5.41. The Morgan fingerprint density at radius 3 is 2.70 bits per heavy atom. The number of hydrogen-bond acceptors (Lipinski definition) is 5. The lowest BCUT2D eigenvalue weighted by Crippen LogP contribution is -2.36. The van der Waals surface area contributed by atoms with Crippen molar-refractivity contribution in [3.05, 3.63) is 11.9 Å². The average molecular weight is 278 g/mol. The quantitative estimate of drug-likeness (QED) is 0.865. The van der Waals surface area contributed by atoms with E-state index in [4.69, 9.17) is 4.74 Å². The van der Waals surface area contributed by atoms with E-state index in [1.54, 1.807) is 13.4 Å². The molecule has 0 saturated carbocycles. The van der Waals surface area contributed by atoms with E-state index < -0.39 is 0 Å². The molecule has 0 spiro atoms. The van der Waals surface area contributed by atoms with E-state index in [0.717, 1.165) is 44.2 Å². The molecule has 0 unspecified atom stereocenters. The van der Waals surface area contributed by atoms with Gasteiger partial charge in [0.15, 0.2) is 0 Å². The molecule has 1 saturated heterocycles. The van der Waals surface area contributed by atoms with Crippen molar-refractivity contribution in [2.24, 2.45) is 5.92 Å². The number of nitrogens with one attached hydrogen (secondary N) is 1. The van der Waals surface area contributed by atoms with Crippen LogP contribution in [0.3, 0.4) is 0 Å². The number of nitrogens with zero attached hydrogens (tertiary/aromatic N) is 3. The van der Waals surface area contributed by atoms with E-state index in [2.05, 4.69) is 27.1 Å². The van der Waals surface area contributed by atoms with E-state index in [1.165, 1.54) is 18.4 Å². The molecular formula is C15H26N4O. The van der Waals surface area contributed by atoms with Gasteiger partial charge in [0, 0.05) is 39.4 Å². The van der Waals surface area contributed by atoms with Crippen LogP contribution in [0, 0.1) is 5.92 Å². The number of piperidine rings is 1. The number of anilines is 2. The van der Waals surface area contributed by atoms with Gasteiger partial charge in [0.2, 0.25) is 0 Å². The van der Waals surface area contributed by atoms with Crippen LogP contribution in [0.15, 0.2) is 6.33 Å². The van der Waals surface area contributed by atoms with Crippen molar-refractivity contribution in [2.75, 3.05) is 44.1 Å². The Labute approximate surface area is 121 Å². The molecule has 5 heteroatoms. The lowest BCUT2D eigenvalue weighted by molar-refractivity contribution is 0.139. The zero-order valence-electron chi connectivity index (χ0n) is 12.9. The van der Waals surface area contributed by atoms with Crippen LogP contribution < -0.4 is 10.2 Å². The highest BCUT2D eigenvalue weighted by Gasteiger charge is 2.23. The fourth-order valence-electron chi connectivity index (χ4n) is 2.92. The van der Waals surface area contributed by atoms with Gasteiger partial charge in [-0.3, -0.25) is 0 Å². The van der Waals surface area contributed by atoms with Gasteiger partial charge in [-0.05, 0) is 25.2 Å². The largest absolute Gasteiger partial charge is 0.384 e. The van der Waals surface area contributed by atoms with E-state index in [9.17, 15) is 0 Å². The SMILES string of the molecule is CCCc1c(NC)ncnc1N1CCC(COC)CC1. The third-order valence-corrected chi connectivity index (χ3v) is 3.98. The molecule has 1 aliphatic rings. The molecule has 1 aliphatic heterocycles. The predicted octanol–water partition coefficient (Wildman–Crippen LogP) is 2.33. The van der Waals surface area contributed by atoms with Crippen molar-refractivity contribution in [1.82, 2.24) is 9.97 Å². The summed E-state index contributed by atoms with van der Waals surface area (Å²) >= 11 is 0. The van der Waals surface area contributed by atoms with Gasteiger partial charge < -0.3 is 15.0 Å². The van der Waals surface area contributed by atoms with Crippen LogP contribution in [-0.2, 0) is 11.2 Å². The summed E-state index contributed by atoms with van der Waals surface area (Å²) < 4.78 is 5.27. The van der Waals surface area contributed by atoms with Gasteiger partial charge in [-0.15, -0.1) is 0 Å². The van der Waals surface area contributed by atoms with Crippen LogP contribution in [0.5, 0.6) is 0 Å². The minimum Gasteiger partial charge on any atom is -0.384 e. The average Bonchev–Trinajstić information content (AvgIpc) is 2.49. The Balaban J connectivity index is 2.12. The van der Waals surface area contributed by atoms with Crippen LogP contribution in [-0.4, -0.2) is 43.8 Å². The second-order valence-corrected chi connectivity index (χ2v) is 5.41. The van der Waals surface area contributed by atoms with E-state index in [0.29, 0.717) is 5.92 Å². The van der Waals surface area contributed by atoms with Crippen molar-refractivity contribution in [1.29, 1.82) is 0 Å². The number of aromatic nitrogens is 2. The standard InChI is InChI=1S/C15H26N4O/c1-4-5-13-14(16-2)17-11-18-15(13)19-8-6-12(7-9-19)10-20-3/h11-12H,4-10H2,1-3H3,(H,16,17,18). The molecule has 0 atom stereocenters. The smallest absolute Gasteiger partial charge is 0.137 e. The first-order valence-electron chi connectivity index (χ1n) is 7.55. The van der Waals surface area contributed by atoms with Gasteiger partial charge in [0.05, 0.1) is 0 Å². The molecule has 1 aromatic heterocycles. The van der Waals surface area contributed by atoms with Crippen LogP contribution in [0.25, 0.3) is 0 Å². The Morgan fingerprint density at radius 2 is 2.10 bits per heavy atom. The first-order valence-corrected chi connectivity index (χ1v) is 7.55. The molecular weight excluding hydrogens is 252 g/mol. The number of ether oxygens (including phenoxy) is 1. The molecule has 0 radical (unpaired) electrons. The topological polar surface area (TPSA) is 50.3 Å². The Bertz CT molecular complexity index is 416. The molecule has 2 heterocycles. The Morgan fingerprint density at radius 1 is 1.35 bits per heavy atom. The van der Waals surface area contributed by atoms with Crippen molar-refractivity contribution >= 4 is 11.6 Å². The van der Waals surface area contributed by atoms with Gasteiger partial charge >= 0.3 is 0 Å². The fraction of sp³-hybridized carbons (Fsp3) is 0.733. The van der Waals surface area contributed by atoms with Crippen LogP contribution >= 0.6 is 0 Å². The zero-order valence-corrected chi connectivity index (χ0v) is 12.9. The normalized spacial score (nSPS) is 16.4. The molecule has 1 aromatic rings. The van der Waals surface area contributed by atoms with Crippen LogP contribution in [0.4, 0.5) is 11.6 Å². The van der Waals surface area contributed by atoms with Crippen LogP contribution in [0.2, 0.25) is 0 Å². The molecule has 112 valence electrons. The summed E-state index contributed by atoms with van der Waals surface area (Å²) in [5, 5.41) is 3.19. The number of rotatable bonds is 6. The third kappa shape index (κ3) is 3.39. The van der Waals surface area contributed by atoms with Crippen molar-refractivity contribution < 1.29 is 4.74 Å². The second kappa shape index (κ2) is 7.43. The minimum atomic E-state index is 0.691. The van der Waals surface area contributed by atoms with Gasteiger partial charge in [-0.25, -0.2) is 9.97 Å². The monoisotopic (exact) mass is 278 g/mol. The molecule has 0 amide bonds. The first-order chi connectivity index (χ1) is 9.80. The van der Waals surface area contributed by atoms with E-state index in [-0.39, 0.29) is 0 Å². The number of methoxy groups -OCH3 is 1. The van der Waals surface area contributed by atoms with Crippen molar-refractivity contribution in [3.63, 3.8) is 0 Å². The summed E-state index contributed by atoms with van der Waals surface area (Å²) in [6.45, 7) is 5.19. The molecule has 20 heavy (non-hydrogen) atoms. The van der Waals surface area contributed by atoms with Gasteiger partial charge in [-0.1, -0.05) is 13.3 Å². The molecule has 1 fully saturated rings. The summed E-state index contributed by atoms with van der Waals surface area (Å²) in [5.74, 6) is 2.77. The maximum atomic E-state index is 5.27. The van der Waals surface area contributed by atoms with Gasteiger partial charge in [0.1, 0.15) is 18.0 Å². The summed E-state index contributed by atoms with van der Waals surface area (Å²) in [5.41, 5.74) is 1.25. The zero-order chi connectivity index (χ0) is 14.4. The lowest BCUT2D eigenvalue weighted by Gasteiger charge is -2.33. The maximum Gasteiger partial charge on any atom is 0.137 e. The predicted molar refractivity (Wildman–Crippen MR) is 82.4 cm³/mol. The van der Waals surface area contributed by atoms with Crippen molar-refractivity contribution in [2.45, 2.75) is 32.6 Å². The lowest BCUT2D eigenvalue weighted by atomic mass is 9.97. The molecule has 0 aliphatic carbocycles. The van der Waals surface area contributed by atoms with Gasteiger partial charge in [0.25, 0.3) is 0 Å². The fourth-order valence-corrected chi connectivity index (χ4v) is 2.92. The number of hydrogen-bond donors (Lipinski definition) is 1. The molecule has 2 rings (SSSR count). The first kappa shape index (κ1) is 15.0. The van der Waals surface area contributed by atoms with E-state index >= 15 is 0 Å². The summed E-state index contributed by atoms with van der Waals surface area (Å²) in [6, 6.07) is 0. The molecule has 0 bridgehead atoms. The summed E-state index contributed by atoms with van der Waals surface area (Å²) in [4.78, 5) is 11.3. The highest BCUT2D eigenvalue weighted by molar-refractivity contribution is 5.58. The highest BCUT2D eigenvalue weighted by Crippen LogP contribution is 2.28. The Kier molecular flexibility index (Phi) is 5.59. The summed E-state index contributed by atoms with van der Waals surface area (Å²) in [7, 11) is 3.71. The van der Waals surface area contributed by atoms with E-state index in [1.807, 2.05) is 7.05 Å². The third-order valence-electron chi connectivity index (χ3n) is 3.98.